The first kappa shape index (κ1) is 12.9. The number of carboxylic acids is 1. The summed E-state index contributed by atoms with van der Waals surface area (Å²) < 4.78 is 5.15. The predicted molar refractivity (Wildman–Crippen MR) is 68.7 cm³/mol. The quantitative estimate of drug-likeness (QED) is 0.838. The summed E-state index contributed by atoms with van der Waals surface area (Å²) in [5.41, 5.74) is -0.349. The van der Waals surface area contributed by atoms with Gasteiger partial charge >= 0.3 is 5.97 Å². The molecule has 0 spiro atoms. The molecule has 1 fully saturated rings. The van der Waals surface area contributed by atoms with Gasteiger partial charge in [0.2, 0.25) is 0 Å². The van der Waals surface area contributed by atoms with Crippen LogP contribution in [0.4, 0.5) is 0 Å². The fourth-order valence-corrected chi connectivity index (χ4v) is 2.10. The van der Waals surface area contributed by atoms with Crippen molar-refractivity contribution < 1.29 is 14.6 Å². The van der Waals surface area contributed by atoms with Crippen LogP contribution in [0.15, 0.2) is 24.3 Å². The number of ether oxygens (including phenoxy) is 1. The third-order valence-electron chi connectivity index (χ3n) is 3.66. The van der Waals surface area contributed by atoms with E-state index in [1.54, 1.807) is 20.1 Å². The number of hydrogen-bond donors (Lipinski definition) is 2. The lowest BCUT2D eigenvalue weighted by molar-refractivity contribution is -0.144. The molecule has 2 rings (SSSR count). The molecule has 1 aliphatic carbocycles. The molecular formula is C14H19NO3. The summed E-state index contributed by atoms with van der Waals surface area (Å²) in [5, 5.41) is 12.7. The molecule has 0 saturated heterocycles. The Bertz CT molecular complexity index is 460. The average Bonchev–Trinajstić information content (AvgIpc) is 3.04. The monoisotopic (exact) mass is 249 g/mol. The van der Waals surface area contributed by atoms with Crippen LogP contribution in [0.25, 0.3) is 0 Å². The predicted octanol–water partition coefficient (Wildman–Crippen LogP) is 1.99. The lowest BCUT2D eigenvalue weighted by Gasteiger charge is -2.27. The summed E-state index contributed by atoms with van der Waals surface area (Å²) in [4.78, 5) is 11.6. The zero-order chi connectivity index (χ0) is 13.3. The van der Waals surface area contributed by atoms with Crippen molar-refractivity contribution in [2.24, 2.45) is 5.92 Å². The van der Waals surface area contributed by atoms with E-state index in [2.05, 4.69) is 12.2 Å². The topological polar surface area (TPSA) is 58.6 Å². The number of hydrogen-bond acceptors (Lipinski definition) is 3. The Kier molecular flexibility index (Phi) is 3.30. The van der Waals surface area contributed by atoms with Gasteiger partial charge < -0.3 is 9.84 Å². The van der Waals surface area contributed by atoms with Gasteiger partial charge in [-0.05, 0) is 37.0 Å². The van der Waals surface area contributed by atoms with E-state index in [0.717, 1.165) is 6.42 Å². The highest BCUT2D eigenvalue weighted by Gasteiger charge is 2.43. The van der Waals surface area contributed by atoms with Crippen LogP contribution in [0.1, 0.15) is 25.8 Å². The third-order valence-corrected chi connectivity index (χ3v) is 3.66. The summed E-state index contributed by atoms with van der Waals surface area (Å²) in [7, 11) is 1.58. The molecule has 0 bridgehead atoms. The van der Waals surface area contributed by atoms with Crippen LogP contribution in [0.5, 0.6) is 5.75 Å². The van der Waals surface area contributed by atoms with Gasteiger partial charge in [0.1, 0.15) is 11.3 Å². The number of rotatable bonds is 5. The Labute approximate surface area is 107 Å². The molecule has 1 aromatic rings. The maximum absolute atomic E-state index is 11.6. The van der Waals surface area contributed by atoms with E-state index in [-0.39, 0.29) is 6.04 Å². The highest BCUT2D eigenvalue weighted by atomic mass is 16.5. The van der Waals surface area contributed by atoms with Gasteiger partial charge in [-0.2, -0.15) is 0 Å². The largest absolute Gasteiger partial charge is 0.497 e. The molecule has 1 aromatic carbocycles. The zero-order valence-corrected chi connectivity index (χ0v) is 10.9. The Morgan fingerprint density at radius 2 is 2.22 bits per heavy atom. The highest BCUT2D eigenvalue weighted by Crippen LogP contribution is 2.34. The van der Waals surface area contributed by atoms with E-state index in [9.17, 15) is 9.90 Å². The molecule has 0 aromatic heterocycles. The Morgan fingerprint density at radius 1 is 1.56 bits per heavy atom. The molecule has 0 heterocycles. The van der Waals surface area contributed by atoms with Crippen LogP contribution in [-0.2, 0) is 10.3 Å². The van der Waals surface area contributed by atoms with Gasteiger partial charge in [-0.25, -0.2) is 4.79 Å². The third kappa shape index (κ3) is 2.34. The standard InChI is InChI=1S/C14H19NO3/c1-9-7-12(9)15-14(2,13(16)17)10-5-4-6-11(8-10)18-3/h4-6,8-9,12,15H,7H2,1-3H3,(H,16,17). The van der Waals surface area contributed by atoms with Crippen molar-refractivity contribution in [3.63, 3.8) is 0 Å². The van der Waals surface area contributed by atoms with Crippen LogP contribution < -0.4 is 10.1 Å². The van der Waals surface area contributed by atoms with Crippen molar-refractivity contribution in [1.82, 2.24) is 5.32 Å². The smallest absolute Gasteiger partial charge is 0.328 e. The van der Waals surface area contributed by atoms with Gasteiger partial charge in [0, 0.05) is 6.04 Å². The molecule has 98 valence electrons. The van der Waals surface area contributed by atoms with Gasteiger partial charge in [0.25, 0.3) is 0 Å². The van der Waals surface area contributed by atoms with Crippen molar-refractivity contribution in [3.8, 4) is 5.75 Å². The number of benzene rings is 1. The van der Waals surface area contributed by atoms with E-state index < -0.39 is 11.5 Å². The first-order chi connectivity index (χ1) is 8.47. The van der Waals surface area contributed by atoms with Gasteiger partial charge in [-0.15, -0.1) is 0 Å². The van der Waals surface area contributed by atoms with Gasteiger partial charge in [-0.1, -0.05) is 19.1 Å². The van der Waals surface area contributed by atoms with Crippen molar-refractivity contribution >= 4 is 5.97 Å². The maximum Gasteiger partial charge on any atom is 0.328 e. The minimum absolute atomic E-state index is 0.289. The van der Waals surface area contributed by atoms with Crippen molar-refractivity contribution in [2.45, 2.75) is 31.8 Å². The molecule has 4 heteroatoms. The van der Waals surface area contributed by atoms with Crippen LogP contribution in [-0.4, -0.2) is 24.2 Å². The molecule has 3 unspecified atom stereocenters. The van der Waals surface area contributed by atoms with Gasteiger partial charge in [-0.3, -0.25) is 5.32 Å². The highest BCUT2D eigenvalue weighted by molar-refractivity contribution is 5.80. The molecule has 1 aliphatic rings. The minimum atomic E-state index is -1.07. The number of nitrogens with one attached hydrogen (secondary N) is 1. The molecule has 18 heavy (non-hydrogen) atoms. The van der Waals surface area contributed by atoms with Crippen LogP contribution in [0.3, 0.4) is 0 Å². The fraction of sp³-hybridized carbons (Fsp3) is 0.500. The SMILES string of the molecule is COc1cccc(C(C)(NC2CC2C)C(=O)O)c1. The maximum atomic E-state index is 11.6. The normalized spacial score (nSPS) is 25.3. The van der Waals surface area contributed by atoms with Gasteiger partial charge in [0.15, 0.2) is 0 Å². The fourth-order valence-electron chi connectivity index (χ4n) is 2.10. The molecule has 0 aliphatic heterocycles. The van der Waals surface area contributed by atoms with E-state index in [1.807, 2.05) is 18.2 Å². The van der Waals surface area contributed by atoms with Crippen molar-refractivity contribution in [3.05, 3.63) is 29.8 Å². The number of methoxy groups -OCH3 is 1. The Hall–Kier alpha value is -1.55. The molecule has 1 saturated carbocycles. The molecule has 4 nitrogen and oxygen atoms in total. The van der Waals surface area contributed by atoms with Crippen LogP contribution >= 0.6 is 0 Å². The van der Waals surface area contributed by atoms with Crippen molar-refractivity contribution in [2.75, 3.05) is 7.11 Å². The number of carboxylic acid groups (broad SMARTS) is 1. The van der Waals surface area contributed by atoms with Crippen molar-refractivity contribution in [1.29, 1.82) is 0 Å². The van der Waals surface area contributed by atoms with E-state index in [1.165, 1.54) is 0 Å². The molecular weight excluding hydrogens is 230 g/mol. The average molecular weight is 249 g/mol. The van der Waals surface area contributed by atoms with E-state index in [0.29, 0.717) is 17.2 Å². The number of carbonyl (C=O) groups is 1. The second kappa shape index (κ2) is 4.61. The van der Waals surface area contributed by atoms with Crippen LogP contribution in [0, 0.1) is 5.92 Å². The van der Waals surface area contributed by atoms with Gasteiger partial charge in [0.05, 0.1) is 7.11 Å². The molecule has 2 N–H and O–H groups in total. The molecule has 0 radical (unpaired) electrons. The Balaban J connectivity index is 2.30. The lowest BCUT2D eigenvalue weighted by atomic mass is 9.91. The summed E-state index contributed by atoms with van der Waals surface area (Å²) in [6.45, 7) is 3.82. The molecule has 3 atom stereocenters. The summed E-state index contributed by atoms with van der Waals surface area (Å²) in [6, 6.07) is 7.50. The zero-order valence-electron chi connectivity index (χ0n) is 10.9. The number of aliphatic carboxylic acids is 1. The Morgan fingerprint density at radius 3 is 2.72 bits per heavy atom. The van der Waals surface area contributed by atoms with Crippen LogP contribution in [0.2, 0.25) is 0 Å². The second-order valence-electron chi connectivity index (χ2n) is 5.13. The molecule has 0 amide bonds. The first-order valence-corrected chi connectivity index (χ1v) is 6.13. The first-order valence-electron chi connectivity index (χ1n) is 6.13. The summed E-state index contributed by atoms with van der Waals surface area (Å²) in [6.07, 6.45) is 1.03. The second-order valence-corrected chi connectivity index (χ2v) is 5.13. The summed E-state index contributed by atoms with van der Waals surface area (Å²) in [5.74, 6) is 0.356. The minimum Gasteiger partial charge on any atom is -0.497 e. The summed E-state index contributed by atoms with van der Waals surface area (Å²) >= 11 is 0. The van der Waals surface area contributed by atoms with E-state index in [4.69, 9.17) is 4.74 Å². The lowest BCUT2D eigenvalue weighted by Crippen LogP contribution is -2.48. The van der Waals surface area contributed by atoms with E-state index >= 15 is 0 Å².